The number of para-hydroxylation sites is 1. The molecule has 22 heavy (non-hydrogen) atoms. The normalized spacial score (nSPS) is 10.6. The molecule has 0 aliphatic rings. The molecule has 0 aliphatic carbocycles. The molecule has 0 radical (unpaired) electrons. The Hall–Kier alpha value is -2.50. The molecule has 0 unspecified atom stereocenters. The van der Waals surface area contributed by atoms with Crippen molar-refractivity contribution < 1.29 is 14.3 Å². The van der Waals surface area contributed by atoms with Crippen LogP contribution < -0.4 is 14.8 Å². The first-order valence-corrected chi connectivity index (χ1v) is 7.09. The van der Waals surface area contributed by atoms with E-state index in [2.05, 4.69) is 10.4 Å². The van der Waals surface area contributed by atoms with Gasteiger partial charge in [0, 0.05) is 17.5 Å². The second-order valence-electron chi connectivity index (χ2n) is 5.17. The number of carbonyl (C=O) groups is 1. The molecule has 0 saturated carbocycles. The van der Waals surface area contributed by atoms with Crippen LogP contribution in [0.5, 0.6) is 11.5 Å². The summed E-state index contributed by atoms with van der Waals surface area (Å²) >= 11 is 0. The van der Waals surface area contributed by atoms with E-state index in [1.165, 1.54) is 0 Å². The lowest BCUT2D eigenvalue weighted by Gasteiger charge is -2.14. The van der Waals surface area contributed by atoms with Crippen LogP contribution in [0.1, 0.15) is 19.4 Å². The summed E-state index contributed by atoms with van der Waals surface area (Å²) in [6.45, 7) is 4.17. The number of aromatic nitrogens is 2. The Morgan fingerprint density at radius 3 is 2.68 bits per heavy atom. The van der Waals surface area contributed by atoms with Crippen molar-refractivity contribution in [3.63, 3.8) is 0 Å². The summed E-state index contributed by atoms with van der Waals surface area (Å²) in [7, 11) is 3.20. The van der Waals surface area contributed by atoms with Gasteiger partial charge >= 0.3 is 0 Å². The summed E-state index contributed by atoms with van der Waals surface area (Å²) in [4.78, 5) is 11.8. The number of rotatable bonds is 6. The first-order chi connectivity index (χ1) is 10.6. The van der Waals surface area contributed by atoms with Gasteiger partial charge in [0.05, 0.1) is 27.0 Å². The zero-order valence-corrected chi connectivity index (χ0v) is 13.3. The number of amides is 1. The van der Waals surface area contributed by atoms with Gasteiger partial charge in [0.25, 0.3) is 0 Å². The Kier molecular flexibility index (Phi) is 5.04. The van der Waals surface area contributed by atoms with Gasteiger partial charge in [0.2, 0.25) is 5.91 Å². The van der Waals surface area contributed by atoms with Crippen molar-refractivity contribution in [3.05, 3.63) is 36.0 Å². The van der Waals surface area contributed by atoms with Crippen molar-refractivity contribution in [2.75, 3.05) is 19.5 Å². The van der Waals surface area contributed by atoms with Crippen molar-refractivity contribution >= 4 is 11.7 Å². The van der Waals surface area contributed by atoms with E-state index in [4.69, 9.17) is 9.47 Å². The number of hydrogen-bond acceptors (Lipinski definition) is 4. The fourth-order valence-electron chi connectivity index (χ4n) is 2.07. The van der Waals surface area contributed by atoms with Crippen LogP contribution in [0, 0.1) is 5.92 Å². The third-order valence-electron chi connectivity index (χ3n) is 3.30. The third-order valence-corrected chi connectivity index (χ3v) is 3.30. The lowest BCUT2D eigenvalue weighted by atomic mass is 10.2. The fraction of sp³-hybridized carbons (Fsp3) is 0.375. The minimum atomic E-state index is -0.0882. The lowest BCUT2D eigenvalue weighted by molar-refractivity contribution is -0.118. The summed E-state index contributed by atoms with van der Waals surface area (Å²) < 4.78 is 12.4. The zero-order chi connectivity index (χ0) is 16.1. The number of benzene rings is 1. The Balaban J connectivity index is 2.25. The van der Waals surface area contributed by atoms with Gasteiger partial charge in [-0.1, -0.05) is 26.0 Å². The zero-order valence-electron chi connectivity index (χ0n) is 13.3. The molecule has 1 N–H and O–H groups in total. The molecular formula is C16H21N3O3. The molecule has 118 valence electrons. The smallest absolute Gasteiger partial charge is 0.228 e. The van der Waals surface area contributed by atoms with Gasteiger partial charge in [-0.05, 0) is 6.07 Å². The number of anilines is 1. The van der Waals surface area contributed by atoms with Gasteiger partial charge in [0.1, 0.15) is 5.82 Å². The van der Waals surface area contributed by atoms with Crippen LogP contribution in [-0.2, 0) is 11.3 Å². The van der Waals surface area contributed by atoms with Crippen LogP contribution in [0.3, 0.4) is 0 Å². The summed E-state index contributed by atoms with van der Waals surface area (Å²) in [5.74, 6) is 1.86. The topological polar surface area (TPSA) is 65.4 Å². The maximum absolute atomic E-state index is 11.8. The first-order valence-electron chi connectivity index (χ1n) is 7.09. The predicted octanol–water partition coefficient (Wildman–Crippen LogP) is 2.54. The highest BCUT2D eigenvalue weighted by atomic mass is 16.5. The monoisotopic (exact) mass is 303 g/mol. The molecule has 6 heteroatoms. The average Bonchev–Trinajstić information content (AvgIpc) is 2.93. The largest absolute Gasteiger partial charge is 0.493 e. The lowest BCUT2D eigenvalue weighted by Crippen LogP contribution is -2.20. The van der Waals surface area contributed by atoms with E-state index in [0.717, 1.165) is 5.56 Å². The first kappa shape index (κ1) is 15.9. The number of carbonyl (C=O) groups excluding carboxylic acids is 1. The Morgan fingerprint density at radius 1 is 1.27 bits per heavy atom. The van der Waals surface area contributed by atoms with Crippen LogP contribution in [0.2, 0.25) is 0 Å². The minimum absolute atomic E-state index is 0.0423. The van der Waals surface area contributed by atoms with Crippen molar-refractivity contribution in [3.8, 4) is 11.5 Å². The number of ether oxygens (including phenoxy) is 2. The number of nitrogens with one attached hydrogen (secondary N) is 1. The van der Waals surface area contributed by atoms with Crippen molar-refractivity contribution in [1.29, 1.82) is 0 Å². The molecule has 1 heterocycles. The quantitative estimate of drug-likeness (QED) is 0.890. The summed E-state index contributed by atoms with van der Waals surface area (Å²) in [5.41, 5.74) is 0.922. The van der Waals surface area contributed by atoms with E-state index in [-0.39, 0.29) is 11.8 Å². The van der Waals surface area contributed by atoms with Gasteiger partial charge < -0.3 is 14.8 Å². The molecule has 0 atom stereocenters. The molecule has 1 aromatic heterocycles. The van der Waals surface area contributed by atoms with E-state index in [1.807, 2.05) is 32.0 Å². The van der Waals surface area contributed by atoms with Gasteiger partial charge in [-0.25, -0.2) is 4.68 Å². The predicted molar refractivity (Wildman–Crippen MR) is 84.3 cm³/mol. The van der Waals surface area contributed by atoms with Crippen molar-refractivity contribution in [2.24, 2.45) is 5.92 Å². The van der Waals surface area contributed by atoms with Crippen LogP contribution in [0.15, 0.2) is 30.5 Å². The molecule has 0 bridgehead atoms. The summed E-state index contributed by atoms with van der Waals surface area (Å²) in [5, 5.41) is 7.13. The number of methoxy groups -OCH3 is 2. The molecular weight excluding hydrogens is 282 g/mol. The molecule has 0 saturated heterocycles. The van der Waals surface area contributed by atoms with Gasteiger partial charge in [-0.2, -0.15) is 5.10 Å². The SMILES string of the molecule is COc1cccc(Cn2nccc2NC(=O)C(C)C)c1OC. The summed E-state index contributed by atoms with van der Waals surface area (Å²) in [6, 6.07) is 7.45. The highest BCUT2D eigenvalue weighted by molar-refractivity contribution is 5.91. The Bertz CT molecular complexity index is 650. The van der Waals surface area contributed by atoms with Crippen LogP contribution in [-0.4, -0.2) is 29.9 Å². The van der Waals surface area contributed by atoms with Gasteiger partial charge in [-0.3, -0.25) is 4.79 Å². The van der Waals surface area contributed by atoms with E-state index < -0.39 is 0 Å². The van der Waals surface area contributed by atoms with Crippen LogP contribution in [0.4, 0.5) is 5.82 Å². The van der Waals surface area contributed by atoms with Crippen LogP contribution >= 0.6 is 0 Å². The van der Waals surface area contributed by atoms with Crippen LogP contribution in [0.25, 0.3) is 0 Å². The molecule has 0 aliphatic heterocycles. The summed E-state index contributed by atoms with van der Waals surface area (Å²) in [6.07, 6.45) is 1.66. The standard InChI is InChI=1S/C16H21N3O3/c1-11(2)16(20)18-14-8-9-17-19(14)10-12-6-5-7-13(21-3)15(12)22-4/h5-9,11H,10H2,1-4H3,(H,18,20). The molecule has 2 rings (SSSR count). The second-order valence-corrected chi connectivity index (χ2v) is 5.17. The van der Waals surface area contributed by atoms with E-state index in [1.54, 1.807) is 31.2 Å². The van der Waals surface area contributed by atoms with E-state index in [9.17, 15) is 4.79 Å². The molecule has 1 amide bonds. The maximum atomic E-state index is 11.8. The molecule has 1 aromatic carbocycles. The second kappa shape index (κ2) is 6.98. The number of hydrogen-bond donors (Lipinski definition) is 1. The molecule has 0 fully saturated rings. The minimum Gasteiger partial charge on any atom is -0.493 e. The van der Waals surface area contributed by atoms with Gasteiger partial charge in [0.15, 0.2) is 11.5 Å². The highest BCUT2D eigenvalue weighted by Crippen LogP contribution is 2.31. The van der Waals surface area contributed by atoms with E-state index >= 15 is 0 Å². The molecule has 6 nitrogen and oxygen atoms in total. The van der Waals surface area contributed by atoms with Gasteiger partial charge in [-0.15, -0.1) is 0 Å². The third kappa shape index (κ3) is 3.39. The molecule has 2 aromatic rings. The van der Waals surface area contributed by atoms with Crippen molar-refractivity contribution in [1.82, 2.24) is 9.78 Å². The van der Waals surface area contributed by atoms with E-state index in [0.29, 0.717) is 23.9 Å². The Morgan fingerprint density at radius 2 is 2.05 bits per heavy atom. The highest BCUT2D eigenvalue weighted by Gasteiger charge is 2.14. The Labute approximate surface area is 130 Å². The maximum Gasteiger partial charge on any atom is 0.228 e. The van der Waals surface area contributed by atoms with Crippen molar-refractivity contribution in [2.45, 2.75) is 20.4 Å². The molecule has 0 spiro atoms. The fourth-order valence-corrected chi connectivity index (χ4v) is 2.07. The average molecular weight is 303 g/mol. The number of nitrogens with zero attached hydrogens (tertiary/aromatic N) is 2.